The molecule has 0 fully saturated rings. The number of rotatable bonds is 4. The number of halogens is 1. The molecule has 132 valence electrons. The summed E-state index contributed by atoms with van der Waals surface area (Å²) in [4.78, 5) is 28.8. The van der Waals surface area contributed by atoms with E-state index in [-0.39, 0.29) is 0 Å². The zero-order chi connectivity index (χ0) is 18.7. The third-order valence-corrected chi connectivity index (χ3v) is 4.27. The van der Waals surface area contributed by atoms with E-state index in [2.05, 4.69) is 15.4 Å². The molecule has 0 spiro atoms. The van der Waals surface area contributed by atoms with Gasteiger partial charge in [-0.05, 0) is 26.0 Å². The molecule has 1 atom stereocenters. The summed E-state index contributed by atoms with van der Waals surface area (Å²) in [5.74, 6) is -0.405. The Morgan fingerprint density at radius 1 is 1.15 bits per heavy atom. The number of aryl methyl sites for hydroxylation is 1. The van der Waals surface area contributed by atoms with Gasteiger partial charge in [0.05, 0.1) is 22.6 Å². The Hall–Kier alpha value is -2.99. The molecule has 1 N–H and O–H groups in total. The highest BCUT2D eigenvalue weighted by Crippen LogP contribution is 2.21. The lowest BCUT2D eigenvalue weighted by Gasteiger charge is -2.14. The summed E-state index contributed by atoms with van der Waals surface area (Å²) in [5, 5.41) is 7.22. The lowest BCUT2D eigenvalue weighted by molar-refractivity contribution is -0.119. The lowest BCUT2D eigenvalue weighted by Crippen LogP contribution is -2.34. The molecule has 0 unspecified atom stereocenters. The quantitative estimate of drug-likeness (QED) is 0.765. The van der Waals surface area contributed by atoms with Crippen LogP contribution in [0.4, 0.5) is 5.69 Å². The molecule has 1 aromatic heterocycles. The number of anilines is 1. The van der Waals surface area contributed by atoms with Gasteiger partial charge in [0.1, 0.15) is 6.04 Å². The molecule has 7 heteroatoms. The fourth-order valence-corrected chi connectivity index (χ4v) is 2.57. The average Bonchev–Trinajstić information content (AvgIpc) is 2.63. The van der Waals surface area contributed by atoms with Gasteiger partial charge in [-0.1, -0.05) is 53.6 Å². The molecule has 1 heterocycles. The van der Waals surface area contributed by atoms with Crippen molar-refractivity contribution in [2.24, 2.45) is 0 Å². The summed E-state index contributed by atoms with van der Waals surface area (Å²) in [6.45, 7) is 3.56. The summed E-state index contributed by atoms with van der Waals surface area (Å²) in [6.07, 6.45) is 1.48. The first-order valence-corrected chi connectivity index (χ1v) is 8.42. The second-order valence-electron chi connectivity index (χ2n) is 5.88. The van der Waals surface area contributed by atoms with Crippen molar-refractivity contribution in [2.45, 2.75) is 19.9 Å². The zero-order valence-corrected chi connectivity index (χ0v) is 15.1. The second-order valence-corrected chi connectivity index (χ2v) is 6.29. The van der Waals surface area contributed by atoms with Crippen molar-refractivity contribution in [2.75, 3.05) is 5.32 Å². The Morgan fingerprint density at radius 3 is 2.50 bits per heavy atom. The summed E-state index contributed by atoms with van der Waals surface area (Å²) in [6, 6.07) is 13.7. The van der Waals surface area contributed by atoms with Gasteiger partial charge in [-0.2, -0.15) is 10.1 Å². The summed E-state index contributed by atoms with van der Waals surface area (Å²) < 4.78 is 1.05. The Balaban J connectivity index is 1.82. The topological polar surface area (TPSA) is 76.9 Å². The molecule has 1 amide bonds. The van der Waals surface area contributed by atoms with Crippen molar-refractivity contribution in [3.8, 4) is 11.3 Å². The van der Waals surface area contributed by atoms with E-state index in [0.717, 1.165) is 15.8 Å². The second kappa shape index (κ2) is 7.49. The molecule has 26 heavy (non-hydrogen) atoms. The maximum Gasteiger partial charge on any atom is 0.365 e. The number of benzene rings is 2. The molecular formula is C19H17ClN4O2. The van der Waals surface area contributed by atoms with Crippen LogP contribution in [0.15, 0.2) is 59.5 Å². The van der Waals surface area contributed by atoms with Gasteiger partial charge < -0.3 is 5.32 Å². The normalized spacial score (nSPS) is 11.8. The van der Waals surface area contributed by atoms with Gasteiger partial charge in [-0.3, -0.25) is 4.79 Å². The molecule has 0 aliphatic carbocycles. The number of aromatic nitrogens is 3. The molecule has 3 rings (SSSR count). The van der Waals surface area contributed by atoms with Crippen LogP contribution < -0.4 is 11.0 Å². The largest absolute Gasteiger partial charge is 0.365 e. The summed E-state index contributed by atoms with van der Waals surface area (Å²) >= 11 is 6.04. The Kier molecular flexibility index (Phi) is 5.14. The van der Waals surface area contributed by atoms with Gasteiger partial charge in [0.25, 0.3) is 0 Å². The maximum atomic E-state index is 12.4. The minimum absolute atomic E-state index is 0.405. The standard InChI is InChI=1S/C19H17ClN4O2/c1-12-7-9-14(10-8-12)17-11-21-24(19(26)23-17)13(2)18(25)22-16-6-4-3-5-15(16)20/h3-11,13H,1-2H3,(H,22,25)/t13-/m1/s1. The smallest absolute Gasteiger partial charge is 0.323 e. The molecule has 0 bridgehead atoms. The number of carbonyl (C=O) groups is 1. The molecular weight excluding hydrogens is 352 g/mol. The first-order chi connectivity index (χ1) is 12.5. The van der Waals surface area contributed by atoms with Crippen molar-refractivity contribution in [3.63, 3.8) is 0 Å². The summed E-state index contributed by atoms with van der Waals surface area (Å²) in [5.41, 5.74) is 2.25. The van der Waals surface area contributed by atoms with Crippen LogP contribution in [-0.4, -0.2) is 20.7 Å². The van der Waals surface area contributed by atoms with Gasteiger partial charge >= 0.3 is 5.69 Å². The van der Waals surface area contributed by atoms with E-state index in [1.165, 1.54) is 6.20 Å². The first-order valence-electron chi connectivity index (χ1n) is 8.04. The molecule has 0 saturated heterocycles. The van der Waals surface area contributed by atoms with Crippen molar-refractivity contribution in [1.82, 2.24) is 14.8 Å². The van der Waals surface area contributed by atoms with Crippen molar-refractivity contribution < 1.29 is 4.79 Å². The van der Waals surface area contributed by atoms with Crippen LogP contribution in [0.1, 0.15) is 18.5 Å². The van der Waals surface area contributed by atoms with Crippen molar-refractivity contribution in [1.29, 1.82) is 0 Å². The van der Waals surface area contributed by atoms with Gasteiger partial charge in [0, 0.05) is 5.56 Å². The molecule has 3 aromatic rings. The number of hydrogen-bond donors (Lipinski definition) is 1. The van der Waals surface area contributed by atoms with Gasteiger partial charge in [0.15, 0.2) is 0 Å². The number of nitrogens with one attached hydrogen (secondary N) is 1. The first kappa shape index (κ1) is 17.8. The predicted octanol–water partition coefficient (Wildman–Crippen LogP) is 3.47. The number of carbonyl (C=O) groups excluding carboxylic acids is 1. The van der Waals surface area contributed by atoms with E-state index in [4.69, 9.17) is 11.6 Å². The van der Waals surface area contributed by atoms with E-state index in [0.29, 0.717) is 16.4 Å². The van der Waals surface area contributed by atoms with Gasteiger partial charge in [0.2, 0.25) is 5.91 Å². The number of nitrogens with zero attached hydrogens (tertiary/aromatic N) is 3. The predicted molar refractivity (Wildman–Crippen MR) is 101 cm³/mol. The van der Waals surface area contributed by atoms with Gasteiger partial charge in [-0.25, -0.2) is 9.48 Å². The van der Waals surface area contributed by atoms with Crippen LogP contribution >= 0.6 is 11.6 Å². The van der Waals surface area contributed by atoms with Crippen LogP contribution in [0.25, 0.3) is 11.3 Å². The molecule has 0 saturated carbocycles. The van der Waals surface area contributed by atoms with Crippen LogP contribution in [0.2, 0.25) is 5.02 Å². The summed E-state index contributed by atoms with van der Waals surface area (Å²) in [7, 11) is 0. The maximum absolute atomic E-state index is 12.4. The van der Waals surface area contributed by atoms with E-state index in [1.54, 1.807) is 31.2 Å². The monoisotopic (exact) mass is 368 g/mol. The number of hydrogen-bond acceptors (Lipinski definition) is 4. The van der Waals surface area contributed by atoms with Crippen LogP contribution in [0, 0.1) is 6.92 Å². The minimum atomic E-state index is -0.835. The molecule has 0 radical (unpaired) electrons. The highest BCUT2D eigenvalue weighted by atomic mass is 35.5. The van der Waals surface area contributed by atoms with E-state index < -0.39 is 17.6 Å². The highest BCUT2D eigenvalue weighted by Gasteiger charge is 2.19. The number of para-hydroxylation sites is 1. The fraction of sp³-hybridized carbons (Fsp3) is 0.158. The van der Waals surface area contributed by atoms with E-state index >= 15 is 0 Å². The van der Waals surface area contributed by atoms with Gasteiger partial charge in [-0.15, -0.1) is 0 Å². The van der Waals surface area contributed by atoms with E-state index in [9.17, 15) is 9.59 Å². The fourth-order valence-electron chi connectivity index (χ4n) is 2.39. The van der Waals surface area contributed by atoms with Crippen LogP contribution in [0.3, 0.4) is 0 Å². The Morgan fingerprint density at radius 2 is 1.85 bits per heavy atom. The van der Waals surface area contributed by atoms with Crippen molar-refractivity contribution in [3.05, 3.63) is 75.8 Å². The highest BCUT2D eigenvalue weighted by molar-refractivity contribution is 6.33. The zero-order valence-electron chi connectivity index (χ0n) is 14.3. The average molecular weight is 369 g/mol. The third-order valence-electron chi connectivity index (χ3n) is 3.94. The van der Waals surface area contributed by atoms with Crippen LogP contribution in [0.5, 0.6) is 0 Å². The SMILES string of the molecule is Cc1ccc(-c2cnn([C@H](C)C(=O)Nc3ccccc3Cl)c(=O)n2)cc1. The van der Waals surface area contributed by atoms with Crippen molar-refractivity contribution >= 4 is 23.2 Å². The van der Waals surface area contributed by atoms with Crippen LogP contribution in [-0.2, 0) is 4.79 Å². The lowest BCUT2D eigenvalue weighted by atomic mass is 10.1. The molecule has 6 nitrogen and oxygen atoms in total. The molecule has 0 aliphatic rings. The third kappa shape index (κ3) is 3.81. The molecule has 2 aromatic carbocycles. The molecule has 0 aliphatic heterocycles. The Labute approximate surface area is 155 Å². The number of amides is 1. The Bertz CT molecular complexity index is 999. The van der Waals surface area contributed by atoms with E-state index in [1.807, 2.05) is 31.2 Å². The minimum Gasteiger partial charge on any atom is -0.323 e.